The summed E-state index contributed by atoms with van der Waals surface area (Å²) in [6.45, 7) is 6.12. The SMILES string of the molecule is Cc1ccc(Oc2cnc(C(C)C)nc2CCl)c(Br)c1. The van der Waals surface area contributed by atoms with Gasteiger partial charge in [0.1, 0.15) is 17.3 Å². The van der Waals surface area contributed by atoms with Gasteiger partial charge in [-0.05, 0) is 40.5 Å². The van der Waals surface area contributed by atoms with Crippen molar-refractivity contribution in [3.8, 4) is 11.5 Å². The van der Waals surface area contributed by atoms with Crippen molar-refractivity contribution in [2.75, 3.05) is 0 Å². The van der Waals surface area contributed by atoms with E-state index < -0.39 is 0 Å². The number of aryl methyl sites for hydroxylation is 1. The molecule has 0 spiro atoms. The smallest absolute Gasteiger partial charge is 0.168 e. The van der Waals surface area contributed by atoms with Gasteiger partial charge in [0.25, 0.3) is 0 Å². The zero-order chi connectivity index (χ0) is 14.7. The monoisotopic (exact) mass is 354 g/mol. The lowest BCUT2D eigenvalue weighted by molar-refractivity contribution is 0.467. The highest BCUT2D eigenvalue weighted by Gasteiger charge is 2.12. The summed E-state index contributed by atoms with van der Waals surface area (Å²) >= 11 is 9.45. The predicted octanol–water partition coefficient (Wildman–Crippen LogP) is 5.20. The van der Waals surface area contributed by atoms with Crippen LogP contribution in [-0.2, 0) is 5.88 Å². The molecule has 0 radical (unpaired) electrons. The third-order valence-corrected chi connectivity index (χ3v) is 3.67. The molecule has 0 amide bonds. The summed E-state index contributed by atoms with van der Waals surface area (Å²) in [6, 6.07) is 5.90. The van der Waals surface area contributed by atoms with Gasteiger partial charge in [-0.15, -0.1) is 11.6 Å². The topological polar surface area (TPSA) is 35.0 Å². The van der Waals surface area contributed by atoms with E-state index in [-0.39, 0.29) is 5.92 Å². The van der Waals surface area contributed by atoms with Crippen LogP contribution in [0.15, 0.2) is 28.9 Å². The van der Waals surface area contributed by atoms with E-state index in [0.29, 0.717) is 17.3 Å². The lowest BCUT2D eigenvalue weighted by atomic mass is 10.2. The fourth-order valence-electron chi connectivity index (χ4n) is 1.69. The molecular weight excluding hydrogens is 340 g/mol. The van der Waals surface area contributed by atoms with Crippen LogP contribution in [0.25, 0.3) is 0 Å². The quantitative estimate of drug-likeness (QED) is 0.707. The molecule has 0 saturated carbocycles. The van der Waals surface area contributed by atoms with Crippen LogP contribution >= 0.6 is 27.5 Å². The van der Waals surface area contributed by atoms with E-state index in [1.165, 1.54) is 0 Å². The van der Waals surface area contributed by atoms with Crippen LogP contribution in [0, 0.1) is 6.92 Å². The lowest BCUT2D eigenvalue weighted by Gasteiger charge is -2.12. The second kappa shape index (κ2) is 6.55. The van der Waals surface area contributed by atoms with E-state index in [9.17, 15) is 0 Å². The van der Waals surface area contributed by atoms with E-state index in [0.717, 1.165) is 21.6 Å². The molecule has 2 aromatic rings. The molecule has 3 nitrogen and oxygen atoms in total. The average Bonchev–Trinajstić information content (AvgIpc) is 2.42. The maximum absolute atomic E-state index is 5.96. The van der Waals surface area contributed by atoms with E-state index in [4.69, 9.17) is 16.3 Å². The standard InChI is InChI=1S/C15H16BrClN2O/c1-9(2)15-18-8-14(12(7-17)19-15)20-13-5-4-10(3)6-11(13)16/h4-6,8-9H,7H2,1-3H3. The maximum atomic E-state index is 5.96. The predicted molar refractivity (Wildman–Crippen MR) is 84.6 cm³/mol. The van der Waals surface area contributed by atoms with Crippen LogP contribution in [0.1, 0.15) is 36.8 Å². The minimum atomic E-state index is 0.261. The third-order valence-electron chi connectivity index (χ3n) is 2.80. The first-order valence-corrected chi connectivity index (χ1v) is 7.69. The molecule has 1 heterocycles. The summed E-state index contributed by atoms with van der Waals surface area (Å²) in [5.41, 5.74) is 1.87. The number of rotatable bonds is 4. The highest BCUT2D eigenvalue weighted by Crippen LogP contribution is 2.32. The zero-order valence-corrected chi connectivity index (χ0v) is 14.0. The third kappa shape index (κ3) is 3.49. The molecule has 0 saturated heterocycles. The molecule has 0 N–H and O–H groups in total. The summed E-state index contributed by atoms with van der Waals surface area (Å²) in [4.78, 5) is 8.77. The molecule has 5 heteroatoms. The summed E-state index contributed by atoms with van der Waals surface area (Å²) in [6.07, 6.45) is 1.69. The van der Waals surface area contributed by atoms with Gasteiger partial charge in [0.05, 0.1) is 16.5 Å². The molecule has 0 unspecified atom stereocenters. The number of hydrogen-bond acceptors (Lipinski definition) is 3. The van der Waals surface area contributed by atoms with Crippen molar-refractivity contribution < 1.29 is 4.74 Å². The van der Waals surface area contributed by atoms with Crippen molar-refractivity contribution in [3.63, 3.8) is 0 Å². The maximum Gasteiger partial charge on any atom is 0.168 e. The van der Waals surface area contributed by atoms with Gasteiger partial charge in [-0.1, -0.05) is 19.9 Å². The Kier molecular flexibility index (Phi) is 5.00. The number of ether oxygens (including phenoxy) is 1. The van der Waals surface area contributed by atoms with Gasteiger partial charge < -0.3 is 4.74 Å². The average molecular weight is 356 g/mol. The first-order valence-electron chi connectivity index (χ1n) is 6.37. The van der Waals surface area contributed by atoms with E-state index in [1.54, 1.807) is 6.20 Å². The zero-order valence-electron chi connectivity index (χ0n) is 11.7. The number of nitrogens with zero attached hydrogens (tertiary/aromatic N) is 2. The second-order valence-electron chi connectivity index (χ2n) is 4.86. The molecule has 0 aliphatic heterocycles. The Balaban J connectivity index is 2.33. The Morgan fingerprint density at radius 2 is 2.05 bits per heavy atom. The van der Waals surface area contributed by atoms with Crippen molar-refractivity contribution >= 4 is 27.5 Å². The van der Waals surface area contributed by atoms with Crippen molar-refractivity contribution in [3.05, 3.63) is 46.0 Å². The van der Waals surface area contributed by atoms with Gasteiger partial charge in [-0.2, -0.15) is 0 Å². The van der Waals surface area contributed by atoms with Crippen LogP contribution in [-0.4, -0.2) is 9.97 Å². The van der Waals surface area contributed by atoms with Gasteiger partial charge >= 0.3 is 0 Å². The van der Waals surface area contributed by atoms with Gasteiger partial charge in [0.15, 0.2) is 5.75 Å². The van der Waals surface area contributed by atoms with Gasteiger partial charge in [0, 0.05) is 5.92 Å². The number of halogens is 2. The Hall–Kier alpha value is -1.13. The number of alkyl halides is 1. The summed E-state index contributed by atoms with van der Waals surface area (Å²) < 4.78 is 6.76. The van der Waals surface area contributed by atoms with Crippen molar-refractivity contribution in [2.24, 2.45) is 0 Å². The Bertz CT molecular complexity index is 617. The number of hydrogen-bond donors (Lipinski definition) is 0. The van der Waals surface area contributed by atoms with E-state index >= 15 is 0 Å². The Labute approximate surface area is 132 Å². The summed E-state index contributed by atoms with van der Waals surface area (Å²) in [5, 5.41) is 0. The molecule has 0 bridgehead atoms. The van der Waals surface area contributed by atoms with Crippen LogP contribution in [0.4, 0.5) is 0 Å². The molecule has 2 rings (SSSR count). The Morgan fingerprint density at radius 1 is 1.30 bits per heavy atom. The highest BCUT2D eigenvalue weighted by molar-refractivity contribution is 9.10. The largest absolute Gasteiger partial charge is 0.453 e. The molecule has 0 aliphatic carbocycles. The first-order chi connectivity index (χ1) is 9.51. The van der Waals surface area contributed by atoms with E-state index in [2.05, 4.69) is 25.9 Å². The second-order valence-corrected chi connectivity index (χ2v) is 5.99. The molecule has 1 aromatic carbocycles. The van der Waals surface area contributed by atoms with Crippen LogP contribution in [0.3, 0.4) is 0 Å². The van der Waals surface area contributed by atoms with Gasteiger partial charge in [-0.3, -0.25) is 0 Å². The van der Waals surface area contributed by atoms with E-state index in [1.807, 2.05) is 39.0 Å². The summed E-state index contributed by atoms with van der Waals surface area (Å²) in [7, 11) is 0. The molecule has 106 valence electrons. The molecular formula is C15H16BrClN2O. The Morgan fingerprint density at radius 3 is 2.65 bits per heavy atom. The van der Waals surface area contributed by atoms with Gasteiger partial charge in [-0.25, -0.2) is 9.97 Å². The molecule has 0 atom stereocenters. The number of benzene rings is 1. The number of aromatic nitrogens is 2. The normalized spacial score (nSPS) is 10.9. The molecule has 1 aromatic heterocycles. The van der Waals surface area contributed by atoms with Crippen molar-refractivity contribution in [2.45, 2.75) is 32.6 Å². The van der Waals surface area contributed by atoms with Gasteiger partial charge in [0.2, 0.25) is 0 Å². The fraction of sp³-hybridized carbons (Fsp3) is 0.333. The molecule has 20 heavy (non-hydrogen) atoms. The molecule has 0 aliphatic rings. The van der Waals surface area contributed by atoms with Crippen LogP contribution in [0.5, 0.6) is 11.5 Å². The minimum absolute atomic E-state index is 0.261. The highest BCUT2D eigenvalue weighted by atomic mass is 79.9. The van der Waals surface area contributed by atoms with Crippen LogP contribution in [0.2, 0.25) is 0 Å². The fourth-order valence-corrected chi connectivity index (χ4v) is 2.45. The summed E-state index contributed by atoms with van der Waals surface area (Å²) in [5.74, 6) is 2.64. The first kappa shape index (κ1) is 15.3. The minimum Gasteiger partial charge on any atom is -0.453 e. The van der Waals surface area contributed by atoms with Crippen molar-refractivity contribution in [1.29, 1.82) is 0 Å². The van der Waals surface area contributed by atoms with Crippen LogP contribution < -0.4 is 4.74 Å². The molecule has 0 fully saturated rings. The lowest BCUT2D eigenvalue weighted by Crippen LogP contribution is -2.02. The van der Waals surface area contributed by atoms with Crippen molar-refractivity contribution in [1.82, 2.24) is 9.97 Å².